The summed E-state index contributed by atoms with van der Waals surface area (Å²) in [6.45, 7) is 2.23. The second kappa shape index (κ2) is 9.37. The number of hydrogen-bond acceptors (Lipinski definition) is 7. The molecule has 1 heterocycles. The largest absolute Gasteiger partial charge is 0.478 e. The fourth-order valence-corrected chi connectivity index (χ4v) is 2.63. The van der Waals surface area contributed by atoms with Crippen LogP contribution in [0.15, 0.2) is 54.7 Å². The number of nitrogens with zero attached hydrogens (tertiary/aromatic N) is 2. The fourth-order valence-electron chi connectivity index (χ4n) is 2.63. The van der Waals surface area contributed by atoms with E-state index in [1.807, 2.05) is 24.3 Å². The molecule has 0 aliphatic heterocycles. The molecule has 0 fully saturated rings. The Kier molecular flexibility index (Phi) is 6.43. The van der Waals surface area contributed by atoms with Crippen molar-refractivity contribution < 1.29 is 14.7 Å². The van der Waals surface area contributed by atoms with Crippen molar-refractivity contribution in [3.63, 3.8) is 0 Å². The summed E-state index contributed by atoms with van der Waals surface area (Å²) in [5, 5.41) is 18.1. The first kappa shape index (κ1) is 20.6. The maximum Gasteiger partial charge on any atom is 0.335 e. The zero-order chi connectivity index (χ0) is 21.5. The van der Waals surface area contributed by atoms with E-state index in [2.05, 4.69) is 25.9 Å². The molecule has 0 saturated heterocycles. The zero-order valence-electron chi connectivity index (χ0n) is 16.3. The summed E-state index contributed by atoms with van der Waals surface area (Å²) >= 11 is 0. The van der Waals surface area contributed by atoms with E-state index in [1.54, 1.807) is 19.1 Å². The van der Waals surface area contributed by atoms with Gasteiger partial charge in [-0.1, -0.05) is 25.1 Å². The number of carboxylic acids is 1. The molecule has 0 spiro atoms. The van der Waals surface area contributed by atoms with E-state index < -0.39 is 5.97 Å². The number of carbonyl (C=O) groups is 2. The van der Waals surface area contributed by atoms with Crippen LogP contribution in [-0.2, 0) is 11.3 Å². The number of rotatable bonds is 8. The molecule has 0 bridgehead atoms. The van der Waals surface area contributed by atoms with Crippen molar-refractivity contribution in [1.29, 1.82) is 0 Å². The summed E-state index contributed by atoms with van der Waals surface area (Å²) in [5.41, 5.74) is 8.73. The Morgan fingerprint density at radius 3 is 2.53 bits per heavy atom. The van der Waals surface area contributed by atoms with Crippen LogP contribution in [0.1, 0.15) is 29.3 Å². The predicted octanol–water partition coefficient (Wildman–Crippen LogP) is 3.27. The first-order chi connectivity index (χ1) is 14.4. The minimum Gasteiger partial charge on any atom is -0.478 e. The summed E-state index contributed by atoms with van der Waals surface area (Å²) in [7, 11) is 0. The number of nitrogens with two attached hydrogens (primary N) is 1. The molecule has 6 N–H and O–H groups in total. The molecule has 9 heteroatoms. The SMILES string of the molecule is CCC(=O)NCc1cccc(Nc2nc(Nc3cccc(C(=O)O)c3)ncc2N)c1. The lowest BCUT2D eigenvalue weighted by Gasteiger charge is -2.12. The number of nitrogens with one attached hydrogen (secondary N) is 3. The Morgan fingerprint density at radius 2 is 1.80 bits per heavy atom. The second-order valence-electron chi connectivity index (χ2n) is 6.46. The molecule has 0 radical (unpaired) electrons. The van der Waals surface area contributed by atoms with Crippen LogP contribution < -0.4 is 21.7 Å². The van der Waals surface area contributed by atoms with Gasteiger partial charge in [0.05, 0.1) is 17.4 Å². The number of hydrogen-bond donors (Lipinski definition) is 5. The minimum absolute atomic E-state index is 0.0175. The van der Waals surface area contributed by atoms with Gasteiger partial charge in [0, 0.05) is 24.3 Å². The van der Waals surface area contributed by atoms with E-state index in [9.17, 15) is 9.59 Å². The Hall–Kier alpha value is -4.14. The van der Waals surface area contributed by atoms with Gasteiger partial charge in [0.15, 0.2) is 5.82 Å². The Balaban J connectivity index is 1.75. The normalized spacial score (nSPS) is 10.3. The molecule has 3 aromatic rings. The van der Waals surface area contributed by atoms with Crippen LogP contribution in [0, 0.1) is 0 Å². The number of carboxylic acid groups (broad SMARTS) is 1. The number of anilines is 5. The highest BCUT2D eigenvalue weighted by Crippen LogP contribution is 2.23. The summed E-state index contributed by atoms with van der Waals surface area (Å²) in [4.78, 5) is 31.1. The van der Waals surface area contributed by atoms with Gasteiger partial charge in [0.1, 0.15) is 0 Å². The van der Waals surface area contributed by atoms with E-state index in [0.29, 0.717) is 30.2 Å². The van der Waals surface area contributed by atoms with Gasteiger partial charge >= 0.3 is 5.97 Å². The van der Waals surface area contributed by atoms with Crippen molar-refractivity contribution in [3.8, 4) is 0 Å². The minimum atomic E-state index is -1.02. The number of benzene rings is 2. The Morgan fingerprint density at radius 1 is 1.07 bits per heavy atom. The highest BCUT2D eigenvalue weighted by Gasteiger charge is 2.08. The van der Waals surface area contributed by atoms with Crippen molar-refractivity contribution in [1.82, 2.24) is 15.3 Å². The molecule has 0 aliphatic rings. The Bertz CT molecular complexity index is 1070. The molecular weight excluding hydrogens is 384 g/mol. The average molecular weight is 406 g/mol. The van der Waals surface area contributed by atoms with Gasteiger partial charge in [-0.25, -0.2) is 9.78 Å². The maximum atomic E-state index is 11.5. The van der Waals surface area contributed by atoms with Crippen molar-refractivity contribution in [2.45, 2.75) is 19.9 Å². The van der Waals surface area contributed by atoms with Crippen LogP contribution in [0.4, 0.5) is 28.8 Å². The standard InChI is InChI=1S/C21H22N6O3/c1-2-18(28)23-11-13-5-3-7-15(9-13)25-19-17(22)12-24-21(27-19)26-16-8-4-6-14(10-16)20(29)30/h3-10,12H,2,11,22H2,1H3,(H,23,28)(H,29,30)(H2,24,25,26,27). The number of amides is 1. The van der Waals surface area contributed by atoms with E-state index >= 15 is 0 Å². The van der Waals surface area contributed by atoms with Gasteiger partial charge in [0.25, 0.3) is 0 Å². The fraction of sp³-hybridized carbons (Fsp3) is 0.143. The highest BCUT2D eigenvalue weighted by molar-refractivity contribution is 5.89. The van der Waals surface area contributed by atoms with E-state index in [4.69, 9.17) is 10.8 Å². The van der Waals surface area contributed by atoms with Crippen LogP contribution in [0.25, 0.3) is 0 Å². The third-order valence-electron chi connectivity index (χ3n) is 4.18. The molecule has 0 unspecified atom stereocenters. The third-order valence-corrected chi connectivity index (χ3v) is 4.18. The molecule has 154 valence electrons. The van der Waals surface area contributed by atoms with Gasteiger partial charge in [0.2, 0.25) is 11.9 Å². The molecule has 0 atom stereocenters. The lowest BCUT2D eigenvalue weighted by atomic mass is 10.2. The molecular formula is C21H22N6O3. The molecule has 1 aromatic heterocycles. The van der Waals surface area contributed by atoms with Crippen molar-refractivity contribution in [3.05, 3.63) is 65.9 Å². The van der Waals surface area contributed by atoms with Crippen molar-refractivity contribution in [2.24, 2.45) is 0 Å². The van der Waals surface area contributed by atoms with E-state index in [0.717, 1.165) is 11.3 Å². The first-order valence-corrected chi connectivity index (χ1v) is 9.30. The zero-order valence-corrected chi connectivity index (χ0v) is 16.3. The van der Waals surface area contributed by atoms with Crippen LogP contribution in [-0.4, -0.2) is 27.0 Å². The van der Waals surface area contributed by atoms with Crippen LogP contribution >= 0.6 is 0 Å². The van der Waals surface area contributed by atoms with Crippen molar-refractivity contribution in [2.75, 3.05) is 16.4 Å². The topological polar surface area (TPSA) is 142 Å². The predicted molar refractivity (Wildman–Crippen MR) is 115 cm³/mol. The number of carbonyl (C=O) groups excluding carboxylic acids is 1. The number of aromatic nitrogens is 2. The summed E-state index contributed by atoms with van der Waals surface area (Å²) in [6.07, 6.45) is 1.89. The smallest absolute Gasteiger partial charge is 0.335 e. The van der Waals surface area contributed by atoms with E-state index in [-0.39, 0.29) is 17.4 Å². The lowest BCUT2D eigenvalue weighted by molar-refractivity contribution is -0.120. The van der Waals surface area contributed by atoms with Crippen molar-refractivity contribution >= 4 is 40.7 Å². The van der Waals surface area contributed by atoms with Crippen LogP contribution in [0.5, 0.6) is 0 Å². The quantitative estimate of drug-likeness (QED) is 0.384. The van der Waals surface area contributed by atoms with Gasteiger partial charge in [-0.05, 0) is 35.9 Å². The highest BCUT2D eigenvalue weighted by atomic mass is 16.4. The maximum absolute atomic E-state index is 11.5. The van der Waals surface area contributed by atoms with Gasteiger partial charge in [-0.3, -0.25) is 4.79 Å². The average Bonchev–Trinajstić information content (AvgIpc) is 2.75. The van der Waals surface area contributed by atoms with E-state index in [1.165, 1.54) is 18.3 Å². The summed E-state index contributed by atoms with van der Waals surface area (Å²) in [6, 6.07) is 13.9. The lowest BCUT2D eigenvalue weighted by Crippen LogP contribution is -2.21. The third kappa shape index (κ3) is 5.44. The molecule has 30 heavy (non-hydrogen) atoms. The molecule has 9 nitrogen and oxygen atoms in total. The van der Waals surface area contributed by atoms with Gasteiger partial charge in [-0.2, -0.15) is 4.98 Å². The van der Waals surface area contributed by atoms with Gasteiger partial charge < -0.3 is 26.8 Å². The molecule has 1 amide bonds. The van der Waals surface area contributed by atoms with Crippen LogP contribution in [0.3, 0.4) is 0 Å². The summed E-state index contributed by atoms with van der Waals surface area (Å²) < 4.78 is 0. The Labute approximate surface area is 173 Å². The van der Waals surface area contributed by atoms with Gasteiger partial charge in [-0.15, -0.1) is 0 Å². The summed E-state index contributed by atoms with van der Waals surface area (Å²) in [5.74, 6) is -0.373. The number of aromatic carboxylic acids is 1. The molecule has 0 saturated carbocycles. The molecule has 0 aliphatic carbocycles. The number of nitrogen functional groups attached to an aromatic ring is 1. The monoisotopic (exact) mass is 406 g/mol. The molecule has 2 aromatic carbocycles. The molecule has 3 rings (SSSR count). The second-order valence-corrected chi connectivity index (χ2v) is 6.46. The van der Waals surface area contributed by atoms with Crippen LogP contribution in [0.2, 0.25) is 0 Å². The first-order valence-electron chi connectivity index (χ1n) is 9.30.